The van der Waals surface area contributed by atoms with Crippen LogP contribution in [0.15, 0.2) is 47.6 Å². The van der Waals surface area contributed by atoms with Gasteiger partial charge in [0.2, 0.25) is 0 Å². The number of benzene rings is 1. The predicted molar refractivity (Wildman–Crippen MR) is 129 cm³/mol. The molecule has 2 N–H and O–H groups in total. The van der Waals surface area contributed by atoms with Gasteiger partial charge >= 0.3 is 0 Å². The number of guanidine groups is 1. The van der Waals surface area contributed by atoms with E-state index in [4.69, 9.17) is 4.74 Å². The second-order valence-corrected chi connectivity index (χ2v) is 8.16. The highest BCUT2D eigenvalue weighted by Gasteiger charge is 2.17. The summed E-state index contributed by atoms with van der Waals surface area (Å²) in [7, 11) is 1.80. The lowest BCUT2D eigenvalue weighted by atomic mass is 10.2. The predicted octanol–water partition coefficient (Wildman–Crippen LogP) is 2.72. The normalized spacial score (nSPS) is 17.0. The molecule has 1 aromatic carbocycles. The van der Waals surface area contributed by atoms with Crippen LogP contribution in [-0.4, -0.2) is 59.9 Å². The Balaban J connectivity index is 1.22. The van der Waals surface area contributed by atoms with Crippen LogP contribution in [-0.2, 0) is 17.8 Å². The van der Waals surface area contributed by atoms with E-state index in [0.29, 0.717) is 6.54 Å². The van der Waals surface area contributed by atoms with Crippen molar-refractivity contribution in [3.63, 3.8) is 0 Å². The molecule has 1 saturated heterocycles. The van der Waals surface area contributed by atoms with E-state index in [1.807, 2.05) is 12.3 Å². The van der Waals surface area contributed by atoms with Crippen LogP contribution in [0.2, 0.25) is 0 Å². The van der Waals surface area contributed by atoms with Crippen LogP contribution in [0, 0.1) is 6.92 Å². The van der Waals surface area contributed by atoms with Gasteiger partial charge in [-0.2, -0.15) is 0 Å². The molecule has 1 fully saturated rings. The second-order valence-electron chi connectivity index (χ2n) is 8.16. The SMILES string of the molecule is CN=C(NCCCn1c(C)nc2ccccc21)NCc1ccc(N2CCOC(C)C2)nc1. The van der Waals surface area contributed by atoms with Crippen LogP contribution in [0.4, 0.5) is 5.82 Å². The Hall–Kier alpha value is -3.13. The van der Waals surface area contributed by atoms with E-state index in [-0.39, 0.29) is 6.10 Å². The van der Waals surface area contributed by atoms with Gasteiger partial charge in [0.25, 0.3) is 0 Å². The van der Waals surface area contributed by atoms with Gasteiger partial charge in [0, 0.05) is 46.0 Å². The highest BCUT2D eigenvalue weighted by atomic mass is 16.5. The topological polar surface area (TPSA) is 79.6 Å². The number of para-hydroxylation sites is 2. The molecule has 1 aliphatic rings. The maximum absolute atomic E-state index is 5.61. The van der Waals surface area contributed by atoms with Gasteiger partial charge in [-0.1, -0.05) is 18.2 Å². The van der Waals surface area contributed by atoms with Gasteiger partial charge in [-0.25, -0.2) is 9.97 Å². The van der Waals surface area contributed by atoms with Crippen molar-refractivity contribution < 1.29 is 4.74 Å². The number of hydrogen-bond acceptors (Lipinski definition) is 5. The van der Waals surface area contributed by atoms with Crippen LogP contribution in [0.5, 0.6) is 0 Å². The fourth-order valence-electron chi connectivity index (χ4n) is 4.06. The standard InChI is InChI=1S/C24H33N7O/c1-18-17-30(13-14-32-18)23-10-9-20(15-27-23)16-28-24(25-3)26-11-6-12-31-19(2)29-21-7-4-5-8-22(21)31/h4-5,7-10,15,18H,6,11-14,16-17H2,1-3H3,(H2,25,26,28). The summed E-state index contributed by atoms with van der Waals surface area (Å²) in [5.74, 6) is 2.85. The van der Waals surface area contributed by atoms with Gasteiger partial charge in [0.1, 0.15) is 11.6 Å². The smallest absolute Gasteiger partial charge is 0.191 e. The van der Waals surface area contributed by atoms with Gasteiger partial charge in [-0.3, -0.25) is 4.99 Å². The van der Waals surface area contributed by atoms with E-state index < -0.39 is 0 Å². The van der Waals surface area contributed by atoms with Crippen LogP contribution in [0.1, 0.15) is 24.7 Å². The van der Waals surface area contributed by atoms with Crippen molar-refractivity contribution in [2.24, 2.45) is 4.99 Å². The van der Waals surface area contributed by atoms with E-state index in [2.05, 4.69) is 79.2 Å². The number of aliphatic imine (C=N–C) groups is 1. The number of hydrogen-bond donors (Lipinski definition) is 2. The third-order valence-electron chi connectivity index (χ3n) is 5.75. The van der Waals surface area contributed by atoms with E-state index in [1.54, 1.807) is 7.05 Å². The fourth-order valence-corrected chi connectivity index (χ4v) is 4.06. The molecule has 3 aromatic rings. The first-order valence-electron chi connectivity index (χ1n) is 11.3. The zero-order valence-electron chi connectivity index (χ0n) is 19.2. The Morgan fingerprint density at radius 2 is 2.09 bits per heavy atom. The van der Waals surface area contributed by atoms with Crippen LogP contribution in [0.25, 0.3) is 11.0 Å². The maximum Gasteiger partial charge on any atom is 0.191 e. The number of fused-ring (bicyclic) bond motifs is 1. The largest absolute Gasteiger partial charge is 0.375 e. The minimum atomic E-state index is 0.248. The number of imidazole rings is 1. The lowest BCUT2D eigenvalue weighted by Crippen LogP contribution is -2.41. The Labute approximate surface area is 189 Å². The summed E-state index contributed by atoms with van der Waals surface area (Å²) in [6.07, 6.45) is 3.16. The van der Waals surface area contributed by atoms with Crippen molar-refractivity contribution in [2.45, 2.75) is 39.5 Å². The number of morpholine rings is 1. The summed E-state index contributed by atoms with van der Waals surface area (Å²) in [6.45, 7) is 9.12. The number of nitrogens with zero attached hydrogens (tertiary/aromatic N) is 5. The van der Waals surface area contributed by atoms with E-state index in [9.17, 15) is 0 Å². The molecule has 3 heterocycles. The average Bonchev–Trinajstić information content (AvgIpc) is 3.14. The number of nitrogens with one attached hydrogen (secondary N) is 2. The van der Waals surface area contributed by atoms with E-state index >= 15 is 0 Å². The van der Waals surface area contributed by atoms with Crippen LogP contribution in [0.3, 0.4) is 0 Å². The van der Waals surface area contributed by atoms with Crippen molar-refractivity contribution in [2.75, 3.05) is 38.2 Å². The molecule has 0 radical (unpaired) electrons. The summed E-state index contributed by atoms with van der Waals surface area (Å²) < 4.78 is 7.89. The first-order valence-corrected chi connectivity index (χ1v) is 11.3. The summed E-state index contributed by atoms with van der Waals surface area (Å²) >= 11 is 0. The average molecular weight is 436 g/mol. The number of pyridine rings is 1. The molecular formula is C24H33N7O. The summed E-state index contributed by atoms with van der Waals surface area (Å²) in [5, 5.41) is 6.77. The minimum Gasteiger partial charge on any atom is -0.375 e. The first kappa shape index (κ1) is 22.1. The number of aryl methyl sites for hydroxylation is 2. The van der Waals surface area contributed by atoms with Crippen LogP contribution >= 0.6 is 0 Å². The molecule has 1 aliphatic heterocycles. The number of aromatic nitrogens is 3. The lowest BCUT2D eigenvalue weighted by Gasteiger charge is -2.32. The third-order valence-corrected chi connectivity index (χ3v) is 5.75. The van der Waals surface area contributed by atoms with E-state index in [0.717, 1.165) is 67.9 Å². The number of anilines is 1. The molecule has 0 saturated carbocycles. The van der Waals surface area contributed by atoms with Gasteiger partial charge in [0.15, 0.2) is 5.96 Å². The molecule has 8 nitrogen and oxygen atoms in total. The maximum atomic E-state index is 5.61. The van der Waals surface area contributed by atoms with E-state index in [1.165, 1.54) is 5.52 Å². The number of ether oxygens (including phenoxy) is 1. The quantitative estimate of drug-likeness (QED) is 0.338. The van der Waals surface area contributed by atoms with Crippen LogP contribution < -0.4 is 15.5 Å². The zero-order chi connectivity index (χ0) is 22.3. The third kappa shape index (κ3) is 5.37. The molecule has 32 heavy (non-hydrogen) atoms. The van der Waals surface area contributed by atoms with Crippen molar-refractivity contribution >= 4 is 22.8 Å². The molecule has 8 heteroatoms. The zero-order valence-corrected chi connectivity index (χ0v) is 19.2. The Morgan fingerprint density at radius 3 is 2.88 bits per heavy atom. The molecule has 170 valence electrons. The molecule has 0 spiro atoms. The Bertz CT molecular complexity index is 1040. The van der Waals surface area contributed by atoms with Gasteiger partial charge < -0.3 is 24.8 Å². The molecule has 0 bridgehead atoms. The van der Waals surface area contributed by atoms with Crippen molar-refractivity contribution in [3.05, 3.63) is 54.0 Å². The lowest BCUT2D eigenvalue weighted by molar-refractivity contribution is 0.0529. The van der Waals surface area contributed by atoms with Crippen molar-refractivity contribution in [1.82, 2.24) is 25.2 Å². The van der Waals surface area contributed by atoms with Gasteiger partial charge in [-0.15, -0.1) is 0 Å². The fraction of sp³-hybridized carbons (Fsp3) is 0.458. The van der Waals surface area contributed by atoms with Gasteiger partial charge in [-0.05, 0) is 44.0 Å². The monoisotopic (exact) mass is 435 g/mol. The minimum absolute atomic E-state index is 0.248. The highest BCUT2D eigenvalue weighted by Crippen LogP contribution is 2.16. The first-order chi connectivity index (χ1) is 15.6. The molecule has 2 aromatic heterocycles. The summed E-state index contributed by atoms with van der Waals surface area (Å²) in [6, 6.07) is 12.5. The molecule has 0 aliphatic carbocycles. The highest BCUT2D eigenvalue weighted by molar-refractivity contribution is 5.79. The molecule has 1 unspecified atom stereocenters. The summed E-state index contributed by atoms with van der Waals surface area (Å²) in [5.41, 5.74) is 3.37. The van der Waals surface area contributed by atoms with Crippen molar-refractivity contribution in [3.8, 4) is 0 Å². The van der Waals surface area contributed by atoms with Crippen molar-refractivity contribution in [1.29, 1.82) is 0 Å². The Morgan fingerprint density at radius 1 is 1.22 bits per heavy atom. The summed E-state index contributed by atoms with van der Waals surface area (Å²) in [4.78, 5) is 15.9. The van der Waals surface area contributed by atoms with Gasteiger partial charge in [0.05, 0.1) is 23.7 Å². The number of rotatable bonds is 7. The molecule has 4 rings (SSSR count). The Kier molecular flexibility index (Phi) is 7.21. The molecular weight excluding hydrogens is 402 g/mol. The molecule has 0 amide bonds. The second kappa shape index (κ2) is 10.5. The molecule has 1 atom stereocenters.